The van der Waals surface area contributed by atoms with E-state index < -0.39 is 20.8 Å². The Hall–Kier alpha value is -2.22. The molecule has 0 aliphatic rings. The molecule has 0 N–H and O–H groups in total. The summed E-state index contributed by atoms with van der Waals surface area (Å²) in [4.78, 5) is 0. The van der Waals surface area contributed by atoms with Crippen molar-refractivity contribution in [3.63, 3.8) is 0 Å². The summed E-state index contributed by atoms with van der Waals surface area (Å²) in [5, 5.41) is 5.58. The van der Waals surface area contributed by atoms with Crippen LogP contribution in [0.2, 0.25) is 13.1 Å². The zero-order valence-corrected chi connectivity index (χ0v) is 43.7. The van der Waals surface area contributed by atoms with Crippen molar-refractivity contribution in [1.29, 1.82) is 0 Å². The molecule has 2 atom stereocenters. The van der Waals surface area contributed by atoms with Crippen LogP contribution in [0.4, 0.5) is 0 Å². The molecule has 0 fully saturated rings. The van der Waals surface area contributed by atoms with Gasteiger partial charge in [-0.1, -0.05) is 168 Å². The van der Waals surface area contributed by atoms with E-state index >= 15 is 0 Å². The van der Waals surface area contributed by atoms with Crippen LogP contribution >= 0.6 is 17.0 Å². The molecule has 310 valence electrons. The second-order valence-corrected chi connectivity index (χ2v) is 22.4. The van der Waals surface area contributed by atoms with Crippen LogP contribution in [0.5, 0.6) is 0 Å². The third kappa shape index (κ3) is 12.9. The summed E-state index contributed by atoms with van der Waals surface area (Å²) in [6.07, 6.45) is 2.37. The number of halogens is 2. The van der Waals surface area contributed by atoms with Crippen molar-refractivity contribution < 1.29 is 20.8 Å². The van der Waals surface area contributed by atoms with Crippen molar-refractivity contribution in [1.82, 2.24) is 0 Å². The third-order valence-electron chi connectivity index (χ3n) is 11.8. The van der Waals surface area contributed by atoms with E-state index in [4.69, 9.17) is 17.0 Å². The molecule has 0 aromatic heterocycles. The summed E-state index contributed by atoms with van der Waals surface area (Å²) in [5.74, 6) is 3.40. The molecule has 0 saturated carbocycles. The van der Waals surface area contributed by atoms with Gasteiger partial charge >= 0.3 is 37.9 Å². The monoisotopic (exact) mass is 908 g/mol. The first kappa shape index (κ1) is 50.1. The first-order valence-corrected chi connectivity index (χ1v) is 30.0. The SMILES string of the molecule is CCC(C)c1cc2c(-c3cc(C(C)C)cc(C(C)C)c3)c(C)ccc2[cH-]1.CCC(C)c1cc2c(-c3cc(C(C)C)cc(C(C)C)c3)c(C)ccc2[cH-]1.C[Si]C.[Cl][Zr+2][Cl]. The Labute approximate surface area is 376 Å². The molecule has 0 spiro atoms. The zero-order chi connectivity index (χ0) is 43.4. The average molecular weight is 911 g/mol. The van der Waals surface area contributed by atoms with Crippen molar-refractivity contribution in [2.45, 2.75) is 158 Å². The van der Waals surface area contributed by atoms with Gasteiger partial charge in [0, 0.05) is 9.52 Å². The molecule has 0 heterocycles. The summed E-state index contributed by atoms with van der Waals surface area (Å²) < 4.78 is 0. The fraction of sp³-hybridized carbons (Fsp3) is 0.444. The van der Waals surface area contributed by atoms with Crippen LogP contribution in [-0.2, 0) is 20.8 Å². The van der Waals surface area contributed by atoms with Gasteiger partial charge in [0.15, 0.2) is 0 Å². The molecular formula is C54H72Cl2SiZr. The normalized spacial score (nSPS) is 12.2. The summed E-state index contributed by atoms with van der Waals surface area (Å²) in [6.45, 7) is 36.4. The van der Waals surface area contributed by atoms with Crippen molar-refractivity contribution in [2.75, 3.05) is 0 Å². The summed E-state index contributed by atoms with van der Waals surface area (Å²) in [6, 6.07) is 33.2. The van der Waals surface area contributed by atoms with E-state index in [0.717, 1.165) is 9.52 Å². The van der Waals surface area contributed by atoms with Gasteiger partial charge in [-0.3, -0.25) is 0 Å². The standard InChI is InChI=1S/2C26H33.C2H6Si.2ClH.Zr/c2*1-8-18(6)23-11-20-10-9-19(7)26(25(20)15-23)24-13-21(16(2)3)12-22(14-24)17(4)5;1-3-2;;;/h2*9-18H,8H2,1-7H3;1-2H3;2*1H;/q2*-1;;;;+4/p-2. The fourth-order valence-corrected chi connectivity index (χ4v) is 7.61. The first-order valence-electron chi connectivity index (χ1n) is 21.7. The number of rotatable bonds is 10. The second-order valence-electron chi connectivity index (χ2n) is 17.7. The molecule has 6 rings (SSSR count). The van der Waals surface area contributed by atoms with E-state index in [2.05, 4.69) is 195 Å². The Balaban J connectivity index is 0.000000273. The molecule has 2 radical (unpaired) electrons. The second kappa shape index (κ2) is 23.7. The zero-order valence-electron chi connectivity index (χ0n) is 38.7. The van der Waals surface area contributed by atoms with Crippen LogP contribution in [-0.4, -0.2) is 9.52 Å². The maximum absolute atomic E-state index is 4.93. The number of hydrogen-bond acceptors (Lipinski definition) is 0. The molecule has 0 saturated heterocycles. The number of benzene rings is 4. The molecule has 6 aromatic rings. The van der Waals surface area contributed by atoms with Crippen LogP contribution in [0.15, 0.2) is 84.9 Å². The fourth-order valence-electron chi connectivity index (χ4n) is 7.61. The molecule has 0 aliphatic heterocycles. The van der Waals surface area contributed by atoms with E-state index in [1.807, 2.05) is 0 Å². The number of hydrogen-bond donors (Lipinski definition) is 0. The minimum atomic E-state index is -0.826. The Morgan fingerprint density at radius 3 is 1.02 bits per heavy atom. The summed E-state index contributed by atoms with van der Waals surface area (Å²) >= 11 is -0.826. The molecule has 6 aromatic carbocycles. The molecule has 0 aliphatic carbocycles. The molecule has 0 bridgehead atoms. The van der Waals surface area contributed by atoms with Crippen LogP contribution in [0.3, 0.4) is 0 Å². The van der Waals surface area contributed by atoms with E-state index in [-0.39, 0.29) is 0 Å². The van der Waals surface area contributed by atoms with Crippen LogP contribution in [0, 0.1) is 13.8 Å². The Bertz CT molecular complexity index is 1970. The van der Waals surface area contributed by atoms with Gasteiger partial charge in [-0.25, -0.2) is 0 Å². The predicted molar refractivity (Wildman–Crippen MR) is 262 cm³/mol. The van der Waals surface area contributed by atoms with Gasteiger partial charge in [0.25, 0.3) is 0 Å². The van der Waals surface area contributed by atoms with Gasteiger partial charge in [-0.2, -0.15) is 12.1 Å². The van der Waals surface area contributed by atoms with Gasteiger partial charge in [-0.05, 0) is 82.7 Å². The van der Waals surface area contributed by atoms with Crippen LogP contribution in [0.25, 0.3) is 43.8 Å². The van der Waals surface area contributed by atoms with E-state index in [1.54, 1.807) is 0 Å². The Morgan fingerprint density at radius 2 is 0.776 bits per heavy atom. The summed E-state index contributed by atoms with van der Waals surface area (Å²) in [5.41, 5.74) is 17.0. The van der Waals surface area contributed by atoms with Crippen LogP contribution in [0.1, 0.15) is 176 Å². The molecule has 4 heteroatoms. The van der Waals surface area contributed by atoms with Gasteiger partial charge in [-0.15, -0.1) is 69.1 Å². The molecule has 58 heavy (non-hydrogen) atoms. The maximum atomic E-state index is 4.93. The van der Waals surface area contributed by atoms with Crippen molar-refractivity contribution in [3.8, 4) is 22.3 Å². The Kier molecular flexibility index (Phi) is 20.5. The number of aryl methyl sites for hydroxylation is 2. The van der Waals surface area contributed by atoms with E-state index in [1.165, 1.54) is 101 Å². The topological polar surface area (TPSA) is 0 Å². The molecular weight excluding hydrogens is 839 g/mol. The minimum absolute atomic E-state index is 0.544. The number of fused-ring (bicyclic) bond motifs is 2. The van der Waals surface area contributed by atoms with E-state index in [0.29, 0.717) is 35.5 Å². The van der Waals surface area contributed by atoms with Gasteiger partial charge in [0.05, 0.1) is 0 Å². The first-order chi connectivity index (χ1) is 27.5. The average Bonchev–Trinajstić information content (AvgIpc) is 3.82. The van der Waals surface area contributed by atoms with Crippen molar-refractivity contribution >= 4 is 48.1 Å². The Morgan fingerprint density at radius 1 is 0.500 bits per heavy atom. The van der Waals surface area contributed by atoms with E-state index in [9.17, 15) is 0 Å². The molecule has 2 unspecified atom stereocenters. The molecule has 0 amide bonds. The predicted octanol–water partition coefficient (Wildman–Crippen LogP) is 18.8. The molecule has 0 nitrogen and oxygen atoms in total. The quantitative estimate of drug-likeness (QED) is 0.0949. The van der Waals surface area contributed by atoms with Crippen LogP contribution < -0.4 is 0 Å². The third-order valence-corrected chi connectivity index (χ3v) is 11.8. The van der Waals surface area contributed by atoms with Gasteiger partial charge < -0.3 is 0 Å². The van der Waals surface area contributed by atoms with Gasteiger partial charge in [0.1, 0.15) is 0 Å². The van der Waals surface area contributed by atoms with Gasteiger partial charge in [0.2, 0.25) is 0 Å². The van der Waals surface area contributed by atoms with Crippen molar-refractivity contribution in [2.24, 2.45) is 0 Å². The summed E-state index contributed by atoms with van der Waals surface area (Å²) in [7, 11) is 11.0. The van der Waals surface area contributed by atoms with Crippen molar-refractivity contribution in [3.05, 3.63) is 129 Å².